The average Bonchev–Trinajstić information content (AvgIpc) is 2.74. The molecule has 0 radical (unpaired) electrons. The van der Waals surface area contributed by atoms with Crippen LogP contribution in [0, 0.1) is 0 Å². The van der Waals surface area contributed by atoms with Gasteiger partial charge in [-0.05, 0) is 12.1 Å². The number of fused-ring (bicyclic) bond motifs is 1. The van der Waals surface area contributed by atoms with Crippen LogP contribution in [0.4, 0.5) is 0 Å². The zero-order valence-corrected chi connectivity index (χ0v) is 8.35. The smallest absolute Gasteiger partial charge is 0.123 e. The molecule has 4 heteroatoms. The molecule has 0 atom stereocenters. The quantitative estimate of drug-likeness (QED) is 0.748. The van der Waals surface area contributed by atoms with Crippen LogP contribution >= 0.6 is 0 Å². The van der Waals surface area contributed by atoms with Gasteiger partial charge in [-0.15, -0.1) is 0 Å². The van der Waals surface area contributed by atoms with Crippen molar-refractivity contribution in [3.8, 4) is 11.3 Å². The molecule has 0 fully saturated rings. The first-order chi connectivity index (χ1) is 7.43. The summed E-state index contributed by atoms with van der Waals surface area (Å²) in [6.07, 6.45) is 5.73. The standard InChI is InChI=1S/C11H12N4/c1-2-9(6-12-3-1)10-8-15-5-4-13-7-11(15)14-10/h1-3,6,8,13H,4-5,7H2. The zero-order chi connectivity index (χ0) is 10.1. The number of pyridine rings is 1. The maximum Gasteiger partial charge on any atom is 0.123 e. The van der Waals surface area contributed by atoms with Gasteiger partial charge >= 0.3 is 0 Å². The molecule has 0 spiro atoms. The van der Waals surface area contributed by atoms with Crippen molar-refractivity contribution in [1.82, 2.24) is 19.9 Å². The van der Waals surface area contributed by atoms with Gasteiger partial charge in [0.15, 0.2) is 0 Å². The van der Waals surface area contributed by atoms with E-state index >= 15 is 0 Å². The summed E-state index contributed by atoms with van der Waals surface area (Å²) >= 11 is 0. The minimum atomic E-state index is 0.861. The van der Waals surface area contributed by atoms with Gasteiger partial charge < -0.3 is 9.88 Å². The number of nitrogens with zero attached hydrogens (tertiary/aromatic N) is 3. The van der Waals surface area contributed by atoms with Gasteiger partial charge in [-0.25, -0.2) is 4.98 Å². The Balaban J connectivity index is 2.03. The number of aromatic nitrogens is 3. The van der Waals surface area contributed by atoms with Crippen molar-refractivity contribution in [2.75, 3.05) is 6.54 Å². The maximum atomic E-state index is 4.58. The predicted molar refractivity (Wildman–Crippen MR) is 57.2 cm³/mol. The Bertz CT molecular complexity index is 437. The summed E-state index contributed by atoms with van der Waals surface area (Å²) in [5.74, 6) is 1.11. The van der Waals surface area contributed by atoms with Crippen LogP contribution < -0.4 is 5.32 Å². The largest absolute Gasteiger partial charge is 0.332 e. The Morgan fingerprint density at radius 3 is 3.20 bits per heavy atom. The molecule has 0 aliphatic carbocycles. The molecule has 4 nitrogen and oxygen atoms in total. The molecule has 0 saturated carbocycles. The van der Waals surface area contributed by atoms with E-state index < -0.39 is 0 Å². The summed E-state index contributed by atoms with van der Waals surface area (Å²) in [5, 5.41) is 3.31. The van der Waals surface area contributed by atoms with Gasteiger partial charge in [0.2, 0.25) is 0 Å². The number of nitrogens with one attached hydrogen (secondary N) is 1. The molecule has 2 aromatic heterocycles. The van der Waals surface area contributed by atoms with Gasteiger partial charge in [0.05, 0.1) is 12.2 Å². The van der Waals surface area contributed by atoms with Crippen molar-refractivity contribution in [3.05, 3.63) is 36.5 Å². The fourth-order valence-corrected chi connectivity index (χ4v) is 1.84. The lowest BCUT2D eigenvalue weighted by Gasteiger charge is -2.13. The molecule has 0 aromatic carbocycles. The highest BCUT2D eigenvalue weighted by molar-refractivity contribution is 5.57. The number of rotatable bonds is 1. The summed E-state index contributed by atoms with van der Waals surface area (Å²) in [4.78, 5) is 8.68. The molecular weight excluding hydrogens is 188 g/mol. The van der Waals surface area contributed by atoms with Crippen molar-refractivity contribution in [3.63, 3.8) is 0 Å². The second kappa shape index (κ2) is 3.47. The minimum Gasteiger partial charge on any atom is -0.332 e. The van der Waals surface area contributed by atoms with Crippen molar-refractivity contribution >= 4 is 0 Å². The molecule has 15 heavy (non-hydrogen) atoms. The van der Waals surface area contributed by atoms with Crippen LogP contribution in [0.15, 0.2) is 30.7 Å². The van der Waals surface area contributed by atoms with Gasteiger partial charge in [0.25, 0.3) is 0 Å². The van der Waals surface area contributed by atoms with Crippen LogP contribution in [0.25, 0.3) is 11.3 Å². The summed E-state index contributed by atoms with van der Waals surface area (Å²) in [7, 11) is 0. The van der Waals surface area contributed by atoms with Crippen LogP contribution in [0.2, 0.25) is 0 Å². The zero-order valence-electron chi connectivity index (χ0n) is 8.35. The summed E-state index contributed by atoms with van der Waals surface area (Å²) in [5.41, 5.74) is 2.10. The molecule has 1 aliphatic heterocycles. The van der Waals surface area contributed by atoms with Crippen LogP contribution in [0.1, 0.15) is 5.82 Å². The lowest BCUT2D eigenvalue weighted by Crippen LogP contribution is -2.27. The second-order valence-corrected chi connectivity index (χ2v) is 3.65. The lowest BCUT2D eigenvalue weighted by molar-refractivity contribution is 0.505. The normalized spacial score (nSPS) is 14.9. The fraction of sp³-hybridized carbons (Fsp3) is 0.273. The van der Waals surface area contributed by atoms with Crippen LogP contribution in [0.5, 0.6) is 0 Å². The average molecular weight is 200 g/mol. The summed E-state index contributed by atoms with van der Waals surface area (Å²) in [6, 6.07) is 3.97. The van der Waals surface area contributed by atoms with E-state index in [1.54, 1.807) is 6.20 Å². The van der Waals surface area contributed by atoms with E-state index in [4.69, 9.17) is 0 Å². The highest BCUT2D eigenvalue weighted by Gasteiger charge is 2.12. The number of imidazole rings is 1. The van der Waals surface area contributed by atoms with E-state index in [9.17, 15) is 0 Å². The Kier molecular flexibility index (Phi) is 1.99. The van der Waals surface area contributed by atoms with Crippen molar-refractivity contribution in [2.45, 2.75) is 13.1 Å². The highest BCUT2D eigenvalue weighted by atomic mass is 15.1. The van der Waals surface area contributed by atoms with Crippen LogP contribution in [0.3, 0.4) is 0 Å². The minimum absolute atomic E-state index is 0.861. The molecule has 0 bridgehead atoms. The van der Waals surface area contributed by atoms with E-state index in [2.05, 4.69) is 26.0 Å². The summed E-state index contributed by atoms with van der Waals surface area (Å²) < 4.78 is 2.21. The molecule has 0 amide bonds. The summed E-state index contributed by atoms with van der Waals surface area (Å²) in [6.45, 7) is 2.89. The molecule has 2 aromatic rings. The van der Waals surface area contributed by atoms with Crippen LogP contribution in [-0.4, -0.2) is 21.1 Å². The first kappa shape index (κ1) is 8.61. The third-order valence-electron chi connectivity index (χ3n) is 2.63. The van der Waals surface area contributed by atoms with E-state index in [-0.39, 0.29) is 0 Å². The van der Waals surface area contributed by atoms with Gasteiger partial charge in [0.1, 0.15) is 5.82 Å². The predicted octanol–water partition coefficient (Wildman–Crippen LogP) is 1.05. The first-order valence-corrected chi connectivity index (χ1v) is 5.10. The topological polar surface area (TPSA) is 42.7 Å². The van der Waals surface area contributed by atoms with Crippen LogP contribution in [-0.2, 0) is 13.1 Å². The number of hydrogen-bond donors (Lipinski definition) is 1. The van der Waals surface area contributed by atoms with E-state index in [1.165, 1.54) is 0 Å². The lowest BCUT2D eigenvalue weighted by atomic mass is 10.2. The molecule has 1 N–H and O–H groups in total. The fourth-order valence-electron chi connectivity index (χ4n) is 1.84. The third-order valence-corrected chi connectivity index (χ3v) is 2.63. The van der Waals surface area contributed by atoms with E-state index in [0.29, 0.717) is 0 Å². The Morgan fingerprint density at radius 1 is 1.40 bits per heavy atom. The second-order valence-electron chi connectivity index (χ2n) is 3.65. The van der Waals surface area contributed by atoms with Gasteiger partial charge in [-0.2, -0.15) is 0 Å². The molecule has 3 heterocycles. The van der Waals surface area contributed by atoms with Gasteiger partial charge in [-0.3, -0.25) is 4.98 Å². The monoisotopic (exact) mass is 200 g/mol. The maximum absolute atomic E-state index is 4.58. The molecule has 0 saturated heterocycles. The molecule has 76 valence electrons. The molecular formula is C11H12N4. The van der Waals surface area contributed by atoms with Gasteiger partial charge in [-0.1, -0.05) is 0 Å². The highest BCUT2D eigenvalue weighted by Crippen LogP contribution is 2.18. The van der Waals surface area contributed by atoms with Crippen molar-refractivity contribution in [1.29, 1.82) is 0 Å². The van der Waals surface area contributed by atoms with E-state index in [0.717, 1.165) is 36.7 Å². The molecule has 3 rings (SSSR count). The Hall–Kier alpha value is -1.68. The third kappa shape index (κ3) is 1.53. The van der Waals surface area contributed by atoms with E-state index in [1.807, 2.05) is 18.3 Å². The SMILES string of the molecule is c1cncc(-c2cn3c(n2)CNCC3)c1. The Morgan fingerprint density at radius 2 is 2.40 bits per heavy atom. The van der Waals surface area contributed by atoms with Crippen molar-refractivity contribution in [2.24, 2.45) is 0 Å². The van der Waals surface area contributed by atoms with Gasteiger partial charge in [0, 0.05) is 37.2 Å². The van der Waals surface area contributed by atoms with Crippen molar-refractivity contribution < 1.29 is 0 Å². The Labute approximate surface area is 88.0 Å². The number of hydrogen-bond acceptors (Lipinski definition) is 3. The molecule has 0 unspecified atom stereocenters. The first-order valence-electron chi connectivity index (χ1n) is 5.10. The molecule has 1 aliphatic rings.